The Morgan fingerprint density at radius 2 is 1.69 bits per heavy atom. The Morgan fingerprint density at radius 3 is 2.31 bits per heavy atom. The third-order valence-corrected chi connectivity index (χ3v) is 2.14. The number of unbranched alkanes of at least 4 members (excludes halogenated alkanes) is 6. The zero-order valence-electron chi connectivity index (χ0n) is 9.13. The van der Waals surface area contributed by atoms with Crippen molar-refractivity contribution in [1.29, 1.82) is 0 Å². The minimum Gasteiger partial charge on any atom is -0.389 e. The van der Waals surface area contributed by atoms with Gasteiger partial charge >= 0.3 is 0 Å². The van der Waals surface area contributed by atoms with Gasteiger partial charge in [-0.15, -0.1) is 0 Å². The molecule has 1 nitrogen and oxygen atoms in total. The van der Waals surface area contributed by atoms with Gasteiger partial charge in [0.2, 0.25) is 0 Å². The fraction of sp³-hybridized carbons (Fsp3) is 0.833. The highest BCUT2D eigenvalue weighted by Crippen LogP contribution is 2.07. The van der Waals surface area contributed by atoms with Crippen LogP contribution < -0.4 is 0 Å². The van der Waals surface area contributed by atoms with Gasteiger partial charge in [0.05, 0.1) is 6.10 Å². The summed E-state index contributed by atoms with van der Waals surface area (Å²) in [4.78, 5) is 0. The maximum Gasteiger partial charge on any atom is 0.0692 e. The predicted octanol–water partition coefficient (Wildman–Crippen LogP) is 3.67. The summed E-state index contributed by atoms with van der Waals surface area (Å²) in [6.45, 7) is 4.03. The number of hydrogen-bond donors (Lipinski definition) is 1. The van der Waals surface area contributed by atoms with Gasteiger partial charge in [0.25, 0.3) is 0 Å². The van der Waals surface area contributed by atoms with Crippen LogP contribution in [-0.2, 0) is 0 Å². The van der Waals surface area contributed by atoms with Crippen LogP contribution in [0.25, 0.3) is 0 Å². The highest BCUT2D eigenvalue weighted by Gasteiger charge is 1.88. The summed E-state index contributed by atoms with van der Waals surface area (Å²) in [6.07, 6.45) is 12.9. The number of hydrogen-bond acceptors (Lipinski definition) is 1. The van der Waals surface area contributed by atoms with Crippen molar-refractivity contribution < 1.29 is 5.11 Å². The standard InChI is InChI=1S/C12H24O/c1-3-4-5-6-7-8-9-10-11-12(2)13/h10-13H,3-9H2,1-2H3/b11-10+/t12-/m0/s1. The molecular formula is C12H24O. The molecule has 0 saturated carbocycles. The van der Waals surface area contributed by atoms with E-state index in [-0.39, 0.29) is 6.10 Å². The summed E-state index contributed by atoms with van der Waals surface area (Å²) in [5.41, 5.74) is 0. The lowest BCUT2D eigenvalue weighted by Gasteiger charge is -1.98. The first kappa shape index (κ1) is 12.7. The Bertz CT molecular complexity index is 116. The Labute approximate surface area is 82.9 Å². The Kier molecular flexibility index (Phi) is 9.56. The lowest BCUT2D eigenvalue weighted by atomic mass is 10.1. The molecule has 1 heteroatoms. The van der Waals surface area contributed by atoms with Crippen molar-refractivity contribution in [3.8, 4) is 0 Å². The minimum absolute atomic E-state index is 0.278. The van der Waals surface area contributed by atoms with E-state index < -0.39 is 0 Å². The van der Waals surface area contributed by atoms with E-state index in [2.05, 4.69) is 13.0 Å². The lowest BCUT2D eigenvalue weighted by molar-refractivity contribution is 0.244. The first-order chi connectivity index (χ1) is 6.27. The first-order valence-corrected chi connectivity index (χ1v) is 5.62. The molecular weight excluding hydrogens is 160 g/mol. The van der Waals surface area contributed by atoms with E-state index in [1.54, 1.807) is 6.92 Å². The van der Waals surface area contributed by atoms with Gasteiger partial charge in [-0.1, -0.05) is 51.2 Å². The highest BCUT2D eigenvalue weighted by molar-refractivity contribution is 4.85. The number of rotatable bonds is 8. The van der Waals surface area contributed by atoms with Crippen molar-refractivity contribution >= 4 is 0 Å². The van der Waals surface area contributed by atoms with Gasteiger partial charge in [-0.2, -0.15) is 0 Å². The molecule has 0 aromatic carbocycles. The van der Waals surface area contributed by atoms with Gasteiger partial charge in [0.15, 0.2) is 0 Å². The van der Waals surface area contributed by atoms with Gasteiger partial charge < -0.3 is 5.11 Å². The maximum atomic E-state index is 8.94. The van der Waals surface area contributed by atoms with E-state index in [1.807, 2.05) is 6.08 Å². The molecule has 0 aliphatic carbocycles. The van der Waals surface area contributed by atoms with Crippen molar-refractivity contribution in [1.82, 2.24) is 0 Å². The van der Waals surface area contributed by atoms with Gasteiger partial charge in [-0.3, -0.25) is 0 Å². The van der Waals surface area contributed by atoms with Crippen LogP contribution in [0.4, 0.5) is 0 Å². The molecule has 0 aromatic rings. The number of allylic oxidation sites excluding steroid dienone is 1. The molecule has 0 aromatic heterocycles. The Morgan fingerprint density at radius 1 is 1.08 bits per heavy atom. The highest BCUT2D eigenvalue weighted by atomic mass is 16.3. The minimum atomic E-state index is -0.278. The van der Waals surface area contributed by atoms with Crippen LogP contribution in [0.2, 0.25) is 0 Å². The molecule has 0 bridgehead atoms. The molecule has 0 spiro atoms. The molecule has 0 saturated heterocycles. The largest absolute Gasteiger partial charge is 0.389 e. The third kappa shape index (κ3) is 11.7. The van der Waals surface area contributed by atoms with E-state index in [0.29, 0.717) is 0 Å². The SMILES string of the molecule is CCCCCCCC/C=C/[C@H](C)O. The van der Waals surface area contributed by atoms with Crippen LogP contribution in [0.15, 0.2) is 12.2 Å². The second-order valence-corrected chi connectivity index (χ2v) is 3.73. The first-order valence-electron chi connectivity index (χ1n) is 5.62. The molecule has 0 unspecified atom stereocenters. The van der Waals surface area contributed by atoms with Crippen LogP contribution in [0.1, 0.15) is 58.8 Å². The second kappa shape index (κ2) is 9.79. The predicted molar refractivity (Wildman–Crippen MR) is 58.8 cm³/mol. The number of aliphatic hydroxyl groups excluding tert-OH is 1. The molecule has 78 valence electrons. The van der Waals surface area contributed by atoms with Crippen LogP contribution in [0.5, 0.6) is 0 Å². The van der Waals surface area contributed by atoms with Crippen LogP contribution in [-0.4, -0.2) is 11.2 Å². The molecule has 1 atom stereocenters. The molecule has 0 fully saturated rings. The van der Waals surface area contributed by atoms with Crippen molar-refractivity contribution in [2.45, 2.75) is 64.9 Å². The molecule has 0 heterocycles. The quantitative estimate of drug-likeness (QED) is 0.451. The summed E-state index contributed by atoms with van der Waals surface area (Å²) < 4.78 is 0. The van der Waals surface area contributed by atoms with Crippen molar-refractivity contribution in [2.75, 3.05) is 0 Å². The van der Waals surface area contributed by atoms with Gasteiger partial charge in [0.1, 0.15) is 0 Å². The van der Waals surface area contributed by atoms with Gasteiger partial charge in [-0.05, 0) is 19.8 Å². The zero-order valence-corrected chi connectivity index (χ0v) is 9.13. The van der Waals surface area contributed by atoms with E-state index in [1.165, 1.54) is 38.5 Å². The average Bonchev–Trinajstić information content (AvgIpc) is 2.09. The van der Waals surface area contributed by atoms with Crippen LogP contribution in [0.3, 0.4) is 0 Å². The van der Waals surface area contributed by atoms with E-state index >= 15 is 0 Å². The van der Waals surface area contributed by atoms with E-state index in [4.69, 9.17) is 5.11 Å². The van der Waals surface area contributed by atoms with Gasteiger partial charge in [-0.25, -0.2) is 0 Å². The molecule has 0 rings (SSSR count). The summed E-state index contributed by atoms with van der Waals surface area (Å²) in [5, 5.41) is 8.94. The maximum absolute atomic E-state index is 8.94. The van der Waals surface area contributed by atoms with E-state index in [9.17, 15) is 0 Å². The molecule has 0 aliphatic heterocycles. The molecule has 13 heavy (non-hydrogen) atoms. The number of aliphatic hydroxyl groups is 1. The van der Waals surface area contributed by atoms with Crippen LogP contribution in [0, 0.1) is 0 Å². The fourth-order valence-electron chi connectivity index (χ4n) is 1.34. The summed E-state index contributed by atoms with van der Waals surface area (Å²) >= 11 is 0. The summed E-state index contributed by atoms with van der Waals surface area (Å²) in [7, 11) is 0. The van der Waals surface area contributed by atoms with Crippen molar-refractivity contribution in [3.63, 3.8) is 0 Å². The second-order valence-electron chi connectivity index (χ2n) is 3.73. The topological polar surface area (TPSA) is 20.2 Å². The normalized spacial score (nSPS) is 13.8. The third-order valence-electron chi connectivity index (χ3n) is 2.14. The summed E-state index contributed by atoms with van der Waals surface area (Å²) in [6, 6.07) is 0. The monoisotopic (exact) mass is 184 g/mol. The molecule has 0 radical (unpaired) electrons. The Balaban J connectivity index is 2.99. The molecule has 0 amide bonds. The Hall–Kier alpha value is -0.300. The average molecular weight is 184 g/mol. The van der Waals surface area contributed by atoms with E-state index in [0.717, 1.165) is 6.42 Å². The van der Waals surface area contributed by atoms with Crippen molar-refractivity contribution in [3.05, 3.63) is 12.2 Å². The summed E-state index contributed by atoms with van der Waals surface area (Å²) in [5.74, 6) is 0. The molecule has 0 aliphatic rings. The fourth-order valence-corrected chi connectivity index (χ4v) is 1.34. The van der Waals surface area contributed by atoms with Crippen LogP contribution >= 0.6 is 0 Å². The van der Waals surface area contributed by atoms with Crippen molar-refractivity contribution in [2.24, 2.45) is 0 Å². The zero-order chi connectivity index (χ0) is 9.94. The lowest BCUT2D eigenvalue weighted by Crippen LogP contribution is -1.91. The smallest absolute Gasteiger partial charge is 0.0692 e. The molecule has 1 N–H and O–H groups in total. The van der Waals surface area contributed by atoms with Gasteiger partial charge in [0, 0.05) is 0 Å².